The molecular weight excluding hydrogens is 210 g/mol. The standard InChI is InChI=1S/C15H25NO/c1-3-10-14(4-2)16-15(17)13-11-8-6-5-7-9-12-13/h2,13-14H,3,5-12H2,1H3,(H,16,17). The molecule has 1 N–H and O–H groups in total. The van der Waals surface area contributed by atoms with Crippen LogP contribution in [0.25, 0.3) is 0 Å². The summed E-state index contributed by atoms with van der Waals surface area (Å²) in [4.78, 5) is 12.1. The number of carbonyl (C=O) groups is 1. The molecule has 17 heavy (non-hydrogen) atoms. The number of rotatable bonds is 4. The topological polar surface area (TPSA) is 29.1 Å². The zero-order chi connectivity index (χ0) is 12.5. The zero-order valence-corrected chi connectivity index (χ0v) is 11.0. The van der Waals surface area contributed by atoms with E-state index in [0.717, 1.165) is 25.7 Å². The van der Waals surface area contributed by atoms with Crippen LogP contribution in [0.15, 0.2) is 0 Å². The Morgan fingerprint density at radius 1 is 1.29 bits per heavy atom. The molecule has 0 aromatic heterocycles. The number of terminal acetylenes is 1. The second-order valence-electron chi connectivity index (χ2n) is 5.06. The lowest BCUT2D eigenvalue weighted by molar-refractivity contribution is -0.126. The average Bonchev–Trinajstić information content (AvgIpc) is 2.27. The quantitative estimate of drug-likeness (QED) is 0.744. The molecule has 2 heteroatoms. The maximum atomic E-state index is 12.1. The molecule has 1 aliphatic carbocycles. The molecule has 1 amide bonds. The molecule has 96 valence electrons. The lowest BCUT2D eigenvalue weighted by Crippen LogP contribution is -2.38. The molecule has 0 spiro atoms. The van der Waals surface area contributed by atoms with Gasteiger partial charge in [0, 0.05) is 5.92 Å². The third-order valence-electron chi connectivity index (χ3n) is 3.57. The summed E-state index contributed by atoms with van der Waals surface area (Å²) in [6, 6.07) is -0.0714. The minimum Gasteiger partial charge on any atom is -0.342 e. The van der Waals surface area contributed by atoms with Crippen molar-refractivity contribution in [1.29, 1.82) is 0 Å². The summed E-state index contributed by atoms with van der Waals surface area (Å²) in [5, 5.41) is 3.01. The van der Waals surface area contributed by atoms with Gasteiger partial charge < -0.3 is 5.32 Å². The first kappa shape index (κ1) is 14.1. The predicted molar refractivity (Wildman–Crippen MR) is 71.5 cm³/mol. The summed E-state index contributed by atoms with van der Waals surface area (Å²) in [6.45, 7) is 2.09. The minimum atomic E-state index is -0.0714. The van der Waals surface area contributed by atoms with E-state index in [4.69, 9.17) is 6.42 Å². The van der Waals surface area contributed by atoms with Gasteiger partial charge in [0.05, 0.1) is 6.04 Å². The summed E-state index contributed by atoms with van der Waals surface area (Å²) in [7, 11) is 0. The van der Waals surface area contributed by atoms with Crippen molar-refractivity contribution in [2.45, 2.75) is 70.8 Å². The third kappa shape index (κ3) is 5.26. The van der Waals surface area contributed by atoms with Gasteiger partial charge in [0.15, 0.2) is 0 Å². The number of nitrogens with one attached hydrogen (secondary N) is 1. The monoisotopic (exact) mass is 235 g/mol. The lowest BCUT2D eigenvalue weighted by Gasteiger charge is -2.21. The lowest BCUT2D eigenvalue weighted by atomic mass is 9.90. The molecule has 1 aliphatic rings. The molecule has 1 fully saturated rings. The van der Waals surface area contributed by atoms with Crippen LogP contribution < -0.4 is 5.32 Å². The average molecular weight is 235 g/mol. The number of hydrogen-bond acceptors (Lipinski definition) is 1. The van der Waals surface area contributed by atoms with Crippen molar-refractivity contribution in [3.05, 3.63) is 0 Å². The number of hydrogen-bond donors (Lipinski definition) is 1. The van der Waals surface area contributed by atoms with Crippen molar-refractivity contribution < 1.29 is 4.79 Å². The van der Waals surface area contributed by atoms with E-state index in [1.807, 2.05) is 0 Å². The molecule has 0 radical (unpaired) electrons. The molecule has 1 unspecified atom stereocenters. The number of carbonyl (C=O) groups excluding carboxylic acids is 1. The fourth-order valence-corrected chi connectivity index (χ4v) is 2.49. The van der Waals surface area contributed by atoms with Crippen LogP contribution in [0.1, 0.15) is 64.7 Å². The van der Waals surface area contributed by atoms with E-state index in [-0.39, 0.29) is 17.9 Å². The van der Waals surface area contributed by atoms with Crippen molar-refractivity contribution in [1.82, 2.24) is 5.32 Å². The van der Waals surface area contributed by atoms with Gasteiger partial charge in [-0.2, -0.15) is 0 Å². The van der Waals surface area contributed by atoms with Gasteiger partial charge in [0.1, 0.15) is 0 Å². The van der Waals surface area contributed by atoms with Crippen molar-refractivity contribution in [3.8, 4) is 12.3 Å². The van der Waals surface area contributed by atoms with Gasteiger partial charge in [-0.25, -0.2) is 0 Å². The summed E-state index contributed by atoms with van der Waals surface area (Å²) in [5.41, 5.74) is 0. The second kappa shape index (κ2) is 8.17. The van der Waals surface area contributed by atoms with Gasteiger partial charge in [0.2, 0.25) is 5.91 Å². The molecule has 2 nitrogen and oxygen atoms in total. The SMILES string of the molecule is C#CC(CCC)NC(=O)C1CCCCCCC1. The van der Waals surface area contributed by atoms with Gasteiger partial charge in [-0.05, 0) is 19.3 Å². The van der Waals surface area contributed by atoms with Gasteiger partial charge in [-0.15, -0.1) is 6.42 Å². The molecule has 0 heterocycles. The van der Waals surface area contributed by atoms with Gasteiger partial charge in [0.25, 0.3) is 0 Å². The van der Waals surface area contributed by atoms with E-state index >= 15 is 0 Å². The smallest absolute Gasteiger partial charge is 0.224 e. The van der Waals surface area contributed by atoms with Crippen molar-refractivity contribution >= 4 is 5.91 Å². The van der Waals surface area contributed by atoms with E-state index in [1.165, 1.54) is 32.1 Å². The Morgan fingerprint density at radius 3 is 2.41 bits per heavy atom. The first-order chi connectivity index (χ1) is 8.27. The minimum absolute atomic E-state index is 0.0714. The first-order valence-electron chi connectivity index (χ1n) is 7.04. The van der Waals surface area contributed by atoms with Crippen LogP contribution in [-0.4, -0.2) is 11.9 Å². The largest absolute Gasteiger partial charge is 0.342 e. The fraction of sp³-hybridized carbons (Fsp3) is 0.800. The first-order valence-corrected chi connectivity index (χ1v) is 7.04. The Balaban J connectivity index is 2.41. The normalized spacial score (nSPS) is 19.8. The highest BCUT2D eigenvalue weighted by Crippen LogP contribution is 2.22. The van der Waals surface area contributed by atoms with Gasteiger partial charge >= 0.3 is 0 Å². The Bertz CT molecular complexity index is 259. The molecule has 0 aliphatic heterocycles. The maximum absolute atomic E-state index is 12.1. The molecule has 1 atom stereocenters. The zero-order valence-electron chi connectivity index (χ0n) is 11.0. The predicted octanol–water partition coefficient (Wildman–Crippen LogP) is 3.27. The third-order valence-corrected chi connectivity index (χ3v) is 3.57. The van der Waals surface area contributed by atoms with Gasteiger partial charge in [-0.1, -0.05) is 51.4 Å². The van der Waals surface area contributed by atoms with Crippen LogP contribution in [0.3, 0.4) is 0 Å². The van der Waals surface area contributed by atoms with E-state index in [0.29, 0.717) is 0 Å². The van der Waals surface area contributed by atoms with Crippen LogP contribution >= 0.6 is 0 Å². The van der Waals surface area contributed by atoms with E-state index in [9.17, 15) is 4.79 Å². The van der Waals surface area contributed by atoms with Crippen LogP contribution in [0.4, 0.5) is 0 Å². The Morgan fingerprint density at radius 2 is 1.88 bits per heavy atom. The van der Waals surface area contributed by atoms with Crippen molar-refractivity contribution in [2.24, 2.45) is 5.92 Å². The highest BCUT2D eigenvalue weighted by Gasteiger charge is 2.20. The maximum Gasteiger partial charge on any atom is 0.224 e. The van der Waals surface area contributed by atoms with Gasteiger partial charge in [-0.3, -0.25) is 4.79 Å². The Kier molecular flexibility index (Phi) is 6.77. The highest BCUT2D eigenvalue weighted by atomic mass is 16.1. The molecule has 0 aromatic carbocycles. The molecule has 0 saturated heterocycles. The Labute approximate surface area is 106 Å². The number of amides is 1. The van der Waals surface area contributed by atoms with E-state index in [1.54, 1.807) is 0 Å². The summed E-state index contributed by atoms with van der Waals surface area (Å²) in [6.07, 6.45) is 15.7. The molecule has 0 bridgehead atoms. The van der Waals surface area contributed by atoms with Crippen LogP contribution in [-0.2, 0) is 4.79 Å². The summed E-state index contributed by atoms with van der Waals surface area (Å²) >= 11 is 0. The molecule has 1 rings (SSSR count). The van der Waals surface area contributed by atoms with E-state index < -0.39 is 0 Å². The highest BCUT2D eigenvalue weighted by molar-refractivity contribution is 5.79. The molecule has 0 aromatic rings. The molecule has 1 saturated carbocycles. The second-order valence-corrected chi connectivity index (χ2v) is 5.06. The summed E-state index contributed by atoms with van der Waals surface area (Å²) in [5.74, 6) is 3.05. The van der Waals surface area contributed by atoms with Crippen molar-refractivity contribution in [2.75, 3.05) is 0 Å². The van der Waals surface area contributed by atoms with Crippen LogP contribution in [0, 0.1) is 18.3 Å². The van der Waals surface area contributed by atoms with E-state index in [2.05, 4.69) is 18.2 Å². The van der Waals surface area contributed by atoms with Crippen LogP contribution in [0.2, 0.25) is 0 Å². The molecular formula is C15H25NO. The van der Waals surface area contributed by atoms with Crippen LogP contribution in [0.5, 0.6) is 0 Å². The fourth-order valence-electron chi connectivity index (χ4n) is 2.49. The van der Waals surface area contributed by atoms with Crippen molar-refractivity contribution in [3.63, 3.8) is 0 Å². The summed E-state index contributed by atoms with van der Waals surface area (Å²) < 4.78 is 0. The Hall–Kier alpha value is -0.970.